The van der Waals surface area contributed by atoms with Crippen LogP contribution in [0.1, 0.15) is 29.2 Å². The molecule has 2 saturated heterocycles. The van der Waals surface area contributed by atoms with Crippen molar-refractivity contribution in [3.8, 4) is 5.75 Å². The number of hydrogen-bond donors (Lipinski definition) is 4. The third-order valence-corrected chi connectivity index (χ3v) is 6.17. The molecule has 7 nitrogen and oxygen atoms in total. The summed E-state index contributed by atoms with van der Waals surface area (Å²) in [5, 5.41) is 40.5. The van der Waals surface area contributed by atoms with Crippen molar-refractivity contribution >= 4 is 11.6 Å². The lowest BCUT2D eigenvalue weighted by molar-refractivity contribution is -0.231. The molecule has 2 heterocycles. The first-order valence-electron chi connectivity index (χ1n) is 10.4. The van der Waals surface area contributed by atoms with E-state index in [1.165, 1.54) is 0 Å². The molecule has 2 aliphatic heterocycles. The molecule has 0 saturated carbocycles. The van der Waals surface area contributed by atoms with Gasteiger partial charge in [0.25, 0.3) is 0 Å². The Hall–Kier alpha value is -1.71. The highest BCUT2D eigenvalue weighted by Gasteiger charge is 2.44. The van der Waals surface area contributed by atoms with Gasteiger partial charge in [0.05, 0.1) is 19.8 Å². The number of benzene rings is 2. The van der Waals surface area contributed by atoms with E-state index in [-0.39, 0.29) is 6.10 Å². The molecule has 0 amide bonds. The van der Waals surface area contributed by atoms with Crippen LogP contribution in [0.2, 0.25) is 5.02 Å². The summed E-state index contributed by atoms with van der Waals surface area (Å²) in [6.07, 6.45) is -4.46. The van der Waals surface area contributed by atoms with Crippen molar-refractivity contribution < 1.29 is 34.6 Å². The first-order chi connectivity index (χ1) is 15.0. The van der Waals surface area contributed by atoms with Crippen molar-refractivity contribution in [1.29, 1.82) is 0 Å². The SMILES string of the molecule is OCC1O[C@@H](c2ccc(Cl)c(Cc3ccc(O[C@H]4CCOC4)cc3)c2)C(O)C(O)[C@@H]1O. The van der Waals surface area contributed by atoms with E-state index in [1.807, 2.05) is 30.3 Å². The zero-order valence-corrected chi connectivity index (χ0v) is 17.7. The monoisotopic (exact) mass is 450 g/mol. The van der Waals surface area contributed by atoms with Crippen molar-refractivity contribution in [2.45, 2.75) is 49.5 Å². The van der Waals surface area contributed by atoms with Crippen LogP contribution in [0, 0.1) is 0 Å². The molecule has 4 rings (SSSR count). The van der Waals surface area contributed by atoms with Crippen molar-refractivity contribution in [2.75, 3.05) is 19.8 Å². The van der Waals surface area contributed by atoms with Gasteiger partial charge in [0.1, 0.15) is 42.4 Å². The van der Waals surface area contributed by atoms with Crippen LogP contribution in [0.25, 0.3) is 0 Å². The molecule has 6 atom stereocenters. The van der Waals surface area contributed by atoms with Gasteiger partial charge in [0.15, 0.2) is 0 Å². The van der Waals surface area contributed by atoms with E-state index in [0.717, 1.165) is 29.9 Å². The minimum Gasteiger partial charge on any atom is -0.488 e. The molecule has 168 valence electrons. The first-order valence-corrected chi connectivity index (χ1v) is 10.8. The minimum absolute atomic E-state index is 0.0931. The van der Waals surface area contributed by atoms with Crippen LogP contribution in [0.15, 0.2) is 42.5 Å². The Morgan fingerprint density at radius 2 is 1.77 bits per heavy atom. The lowest BCUT2D eigenvalue weighted by atomic mass is 9.90. The Labute approximate surface area is 185 Å². The average molecular weight is 451 g/mol. The second-order valence-electron chi connectivity index (χ2n) is 8.02. The van der Waals surface area contributed by atoms with Crippen LogP contribution in [0.4, 0.5) is 0 Å². The topological polar surface area (TPSA) is 109 Å². The summed E-state index contributed by atoms with van der Waals surface area (Å²) in [6.45, 7) is 0.872. The Kier molecular flexibility index (Phi) is 7.13. The van der Waals surface area contributed by atoms with E-state index in [2.05, 4.69) is 0 Å². The number of aliphatic hydroxyl groups is 4. The van der Waals surface area contributed by atoms with Gasteiger partial charge in [-0.25, -0.2) is 0 Å². The van der Waals surface area contributed by atoms with Gasteiger partial charge in [-0.3, -0.25) is 0 Å². The fraction of sp³-hybridized carbons (Fsp3) is 0.478. The van der Waals surface area contributed by atoms with Crippen LogP contribution >= 0.6 is 11.6 Å². The number of ether oxygens (including phenoxy) is 3. The second kappa shape index (κ2) is 9.83. The van der Waals surface area contributed by atoms with Gasteiger partial charge in [0.2, 0.25) is 0 Å². The molecule has 0 radical (unpaired) electrons. The molecular formula is C23H27ClO7. The molecule has 2 aromatic rings. The summed E-state index contributed by atoms with van der Waals surface area (Å²) in [4.78, 5) is 0. The molecule has 0 aliphatic carbocycles. The largest absolute Gasteiger partial charge is 0.488 e. The number of rotatable bonds is 6. The van der Waals surface area contributed by atoms with Crippen molar-refractivity contribution in [3.63, 3.8) is 0 Å². The molecule has 0 spiro atoms. The second-order valence-corrected chi connectivity index (χ2v) is 8.43. The molecule has 2 fully saturated rings. The zero-order valence-electron chi connectivity index (χ0n) is 16.9. The highest BCUT2D eigenvalue weighted by atomic mass is 35.5. The van der Waals surface area contributed by atoms with Crippen molar-refractivity contribution in [2.24, 2.45) is 0 Å². The molecule has 8 heteroatoms. The summed E-state index contributed by atoms with van der Waals surface area (Å²) in [7, 11) is 0. The first kappa shape index (κ1) is 22.5. The number of aliphatic hydroxyl groups excluding tert-OH is 4. The van der Waals surface area contributed by atoms with E-state index < -0.39 is 37.1 Å². The Morgan fingerprint density at radius 3 is 2.45 bits per heavy atom. The maximum atomic E-state index is 10.4. The average Bonchev–Trinajstić information content (AvgIpc) is 3.28. The predicted molar refractivity (Wildman–Crippen MR) is 113 cm³/mol. The third-order valence-electron chi connectivity index (χ3n) is 5.80. The maximum Gasteiger partial charge on any atom is 0.124 e. The van der Waals surface area contributed by atoms with Crippen molar-refractivity contribution in [1.82, 2.24) is 0 Å². The van der Waals surface area contributed by atoms with Gasteiger partial charge < -0.3 is 34.6 Å². The summed E-state index contributed by atoms with van der Waals surface area (Å²) in [6, 6.07) is 13.0. The highest BCUT2D eigenvalue weighted by Crippen LogP contribution is 2.34. The van der Waals surface area contributed by atoms with Crippen molar-refractivity contribution in [3.05, 3.63) is 64.2 Å². The molecule has 2 aliphatic rings. The fourth-order valence-corrected chi connectivity index (χ4v) is 4.17. The van der Waals surface area contributed by atoms with Gasteiger partial charge in [-0.2, -0.15) is 0 Å². The van der Waals surface area contributed by atoms with Gasteiger partial charge in [0, 0.05) is 11.4 Å². The van der Waals surface area contributed by atoms with Crippen LogP contribution in [-0.4, -0.2) is 70.8 Å². The maximum absolute atomic E-state index is 10.4. The van der Waals surface area contributed by atoms with Crippen LogP contribution in [0.3, 0.4) is 0 Å². The Balaban J connectivity index is 1.49. The quantitative estimate of drug-likeness (QED) is 0.529. The Bertz CT molecular complexity index is 867. The molecular weight excluding hydrogens is 424 g/mol. The normalized spacial score (nSPS) is 31.0. The fourth-order valence-electron chi connectivity index (χ4n) is 3.99. The van der Waals surface area contributed by atoms with Gasteiger partial charge in [-0.15, -0.1) is 0 Å². The molecule has 0 bridgehead atoms. The van der Waals surface area contributed by atoms with E-state index in [0.29, 0.717) is 23.6 Å². The van der Waals surface area contributed by atoms with E-state index >= 15 is 0 Å². The zero-order chi connectivity index (χ0) is 22.0. The number of halogens is 1. The molecule has 31 heavy (non-hydrogen) atoms. The standard InChI is InChI=1S/C23H27ClO7/c24-18-6-3-14(23-22(28)21(27)20(26)19(11-25)31-23)10-15(18)9-13-1-4-16(5-2-13)30-17-7-8-29-12-17/h1-6,10,17,19-23,25-28H,7-9,11-12H2/t17-,19?,20+,21?,22?,23-/m0/s1. The van der Waals surface area contributed by atoms with Gasteiger partial charge in [-0.05, 0) is 41.3 Å². The highest BCUT2D eigenvalue weighted by molar-refractivity contribution is 6.31. The number of hydrogen-bond acceptors (Lipinski definition) is 7. The molecule has 3 unspecified atom stereocenters. The Morgan fingerprint density at radius 1 is 1.00 bits per heavy atom. The summed E-state index contributed by atoms with van der Waals surface area (Å²) in [5.74, 6) is 0.792. The molecule has 4 N–H and O–H groups in total. The molecule has 2 aromatic carbocycles. The van der Waals surface area contributed by atoms with Crippen LogP contribution < -0.4 is 4.74 Å². The predicted octanol–water partition coefficient (Wildman–Crippen LogP) is 1.61. The van der Waals surface area contributed by atoms with Gasteiger partial charge in [-0.1, -0.05) is 35.9 Å². The third kappa shape index (κ3) is 5.04. The smallest absolute Gasteiger partial charge is 0.124 e. The van der Waals surface area contributed by atoms with E-state index in [1.54, 1.807) is 12.1 Å². The minimum atomic E-state index is -1.42. The summed E-state index contributed by atoms with van der Waals surface area (Å²) < 4.78 is 16.9. The lowest BCUT2D eigenvalue weighted by Gasteiger charge is -2.40. The van der Waals surface area contributed by atoms with Crippen LogP contribution in [-0.2, 0) is 15.9 Å². The lowest BCUT2D eigenvalue weighted by Crippen LogP contribution is -2.55. The van der Waals surface area contributed by atoms with Gasteiger partial charge >= 0.3 is 0 Å². The summed E-state index contributed by atoms with van der Waals surface area (Å²) >= 11 is 6.40. The van der Waals surface area contributed by atoms with Crippen LogP contribution in [0.5, 0.6) is 5.75 Å². The summed E-state index contributed by atoms with van der Waals surface area (Å²) in [5.41, 5.74) is 2.47. The van der Waals surface area contributed by atoms with E-state index in [9.17, 15) is 20.4 Å². The molecule has 0 aromatic heterocycles. The van der Waals surface area contributed by atoms with E-state index in [4.69, 9.17) is 25.8 Å².